The monoisotopic (exact) mass is 623 g/mol. The lowest BCUT2D eigenvalue weighted by Crippen LogP contribution is -2.54. The molecule has 0 aromatic heterocycles. The summed E-state index contributed by atoms with van der Waals surface area (Å²) in [5.74, 6) is -0.896. The van der Waals surface area contributed by atoms with E-state index in [9.17, 15) is 18.0 Å². The Kier molecular flexibility index (Phi) is 11.3. The summed E-state index contributed by atoms with van der Waals surface area (Å²) < 4.78 is 26.6. The van der Waals surface area contributed by atoms with Gasteiger partial charge in [0.25, 0.3) is 0 Å². The van der Waals surface area contributed by atoms with Crippen LogP contribution in [0, 0.1) is 0 Å². The smallest absolute Gasteiger partial charge is 0.244 e. The lowest BCUT2D eigenvalue weighted by Gasteiger charge is -2.34. The van der Waals surface area contributed by atoms with Crippen LogP contribution in [0.4, 0.5) is 5.69 Å². The summed E-state index contributed by atoms with van der Waals surface area (Å²) in [7, 11) is -3.92. The maximum absolute atomic E-state index is 14.0. The third kappa shape index (κ3) is 8.86. The summed E-state index contributed by atoms with van der Waals surface area (Å²) >= 11 is 18.3. The fourth-order valence-electron chi connectivity index (χ4n) is 4.04. The zero-order valence-electron chi connectivity index (χ0n) is 22.5. The highest BCUT2D eigenvalue weighted by atomic mass is 35.5. The molecule has 0 aliphatic heterocycles. The van der Waals surface area contributed by atoms with E-state index in [1.54, 1.807) is 24.3 Å². The van der Waals surface area contributed by atoms with E-state index in [-0.39, 0.29) is 40.6 Å². The van der Waals surface area contributed by atoms with Crippen molar-refractivity contribution in [1.29, 1.82) is 0 Å². The number of rotatable bonds is 12. The number of amides is 2. The van der Waals surface area contributed by atoms with Crippen LogP contribution in [0.25, 0.3) is 0 Å². The van der Waals surface area contributed by atoms with E-state index < -0.39 is 28.5 Å². The number of hydrogen-bond donors (Lipinski definition) is 1. The van der Waals surface area contributed by atoms with Crippen LogP contribution in [0.15, 0.2) is 72.8 Å². The summed E-state index contributed by atoms with van der Waals surface area (Å²) in [6.07, 6.45) is 1.94. The van der Waals surface area contributed by atoms with Gasteiger partial charge in [0.15, 0.2) is 0 Å². The van der Waals surface area contributed by atoms with Gasteiger partial charge in [-0.25, -0.2) is 8.42 Å². The van der Waals surface area contributed by atoms with Crippen molar-refractivity contribution in [1.82, 2.24) is 10.2 Å². The number of sulfonamides is 1. The molecule has 214 valence electrons. The van der Waals surface area contributed by atoms with Gasteiger partial charge in [-0.05, 0) is 54.8 Å². The van der Waals surface area contributed by atoms with E-state index in [0.717, 1.165) is 21.7 Å². The Morgan fingerprint density at radius 3 is 2.12 bits per heavy atom. The average molecular weight is 625 g/mol. The first-order valence-electron chi connectivity index (χ1n) is 12.7. The molecule has 0 unspecified atom stereocenters. The number of carbonyl (C=O) groups excluding carboxylic acids is 2. The average Bonchev–Trinajstić information content (AvgIpc) is 2.91. The largest absolute Gasteiger partial charge is 0.352 e. The van der Waals surface area contributed by atoms with Gasteiger partial charge in [-0.3, -0.25) is 13.9 Å². The van der Waals surface area contributed by atoms with Gasteiger partial charge >= 0.3 is 0 Å². The molecule has 40 heavy (non-hydrogen) atoms. The Balaban J connectivity index is 2.06. The fourth-order valence-corrected chi connectivity index (χ4v) is 5.30. The molecule has 0 aliphatic rings. The summed E-state index contributed by atoms with van der Waals surface area (Å²) in [6.45, 7) is 3.35. The van der Waals surface area contributed by atoms with E-state index in [0.29, 0.717) is 11.4 Å². The lowest BCUT2D eigenvalue weighted by atomic mass is 10.0. The molecule has 2 amide bonds. The van der Waals surface area contributed by atoms with Crippen molar-refractivity contribution in [2.24, 2.45) is 0 Å². The molecule has 0 spiro atoms. The number of hydrogen-bond acceptors (Lipinski definition) is 4. The summed E-state index contributed by atoms with van der Waals surface area (Å²) in [5.41, 5.74) is 1.76. The van der Waals surface area contributed by atoms with Crippen LogP contribution < -0.4 is 9.62 Å². The number of halogens is 3. The molecule has 1 N–H and O–H groups in total. The minimum atomic E-state index is -3.92. The Hall–Kier alpha value is -2.78. The van der Waals surface area contributed by atoms with E-state index in [1.165, 1.54) is 23.1 Å². The molecule has 0 fully saturated rings. The van der Waals surface area contributed by atoms with E-state index >= 15 is 0 Å². The SMILES string of the molecule is CC[C@H](C)NC(=O)[C@@H](Cc1ccccc1)N(Cc1ccc(Cl)cc1)C(=O)CN(c1ccc(Cl)c(Cl)c1)S(C)(=O)=O. The Morgan fingerprint density at radius 1 is 0.900 bits per heavy atom. The van der Waals surface area contributed by atoms with Crippen molar-refractivity contribution < 1.29 is 18.0 Å². The number of nitrogens with one attached hydrogen (secondary N) is 1. The highest BCUT2D eigenvalue weighted by Gasteiger charge is 2.33. The summed E-state index contributed by atoms with van der Waals surface area (Å²) in [6, 6.07) is 19.6. The molecule has 2 atom stereocenters. The predicted octanol–water partition coefficient (Wildman–Crippen LogP) is 5.97. The Bertz CT molecular complexity index is 1420. The van der Waals surface area contributed by atoms with E-state index in [1.807, 2.05) is 44.2 Å². The van der Waals surface area contributed by atoms with Crippen LogP contribution in [0.3, 0.4) is 0 Å². The summed E-state index contributed by atoms with van der Waals surface area (Å²) in [4.78, 5) is 29.1. The van der Waals surface area contributed by atoms with Crippen LogP contribution in [0.1, 0.15) is 31.4 Å². The second-order valence-corrected chi connectivity index (χ2v) is 12.7. The molecule has 3 aromatic carbocycles. The molecule has 0 radical (unpaired) electrons. The maximum Gasteiger partial charge on any atom is 0.244 e. The van der Waals surface area contributed by atoms with Crippen molar-refractivity contribution in [3.63, 3.8) is 0 Å². The first-order chi connectivity index (χ1) is 18.9. The molecular weight excluding hydrogens is 593 g/mol. The van der Waals surface area contributed by atoms with Crippen LogP contribution >= 0.6 is 34.8 Å². The molecule has 0 aliphatic carbocycles. The highest BCUT2D eigenvalue weighted by molar-refractivity contribution is 7.92. The van der Waals surface area contributed by atoms with Crippen LogP contribution in [0.2, 0.25) is 15.1 Å². The predicted molar refractivity (Wildman–Crippen MR) is 162 cm³/mol. The number of nitrogens with zero attached hydrogens (tertiary/aromatic N) is 2. The summed E-state index contributed by atoms with van der Waals surface area (Å²) in [5, 5.41) is 3.91. The Morgan fingerprint density at radius 2 is 1.55 bits per heavy atom. The number of benzene rings is 3. The lowest BCUT2D eigenvalue weighted by molar-refractivity contribution is -0.140. The number of anilines is 1. The molecule has 0 heterocycles. The maximum atomic E-state index is 14.0. The van der Waals surface area contributed by atoms with Crippen molar-refractivity contribution >= 4 is 62.3 Å². The quantitative estimate of drug-likeness (QED) is 0.269. The molecule has 0 saturated carbocycles. The third-order valence-corrected chi connectivity index (χ3v) is 8.54. The normalized spacial score (nSPS) is 12.8. The zero-order valence-corrected chi connectivity index (χ0v) is 25.6. The van der Waals surface area contributed by atoms with Gasteiger partial charge in [0.05, 0.1) is 22.0 Å². The van der Waals surface area contributed by atoms with Gasteiger partial charge < -0.3 is 10.2 Å². The van der Waals surface area contributed by atoms with Gasteiger partial charge in [0, 0.05) is 24.0 Å². The van der Waals surface area contributed by atoms with Gasteiger partial charge in [0.1, 0.15) is 12.6 Å². The van der Waals surface area contributed by atoms with E-state index in [2.05, 4.69) is 5.32 Å². The third-order valence-electron chi connectivity index (χ3n) is 6.41. The molecule has 3 aromatic rings. The zero-order chi connectivity index (χ0) is 29.4. The minimum Gasteiger partial charge on any atom is -0.352 e. The molecule has 7 nitrogen and oxygen atoms in total. The van der Waals surface area contributed by atoms with Gasteiger partial charge in [-0.2, -0.15) is 0 Å². The minimum absolute atomic E-state index is 0.0560. The standard InChI is InChI=1S/C29H32Cl3N3O4S/c1-4-20(2)33-29(37)27(16-21-8-6-5-7-9-21)34(18-22-10-12-23(30)13-11-22)28(36)19-35(40(3,38)39)24-14-15-25(31)26(32)17-24/h5-15,17,20,27H,4,16,18-19H2,1-3H3,(H,33,37)/t20-,27+/m0/s1. The van der Waals surface area contributed by atoms with Crippen LogP contribution in [0.5, 0.6) is 0 Å². The molecule has 11 heteroatoms. The fraction of sp³-hybridized carbons (Fsp3) is 0.310. The van der Waals surface area contributed by atoms with Crippen molar-refractivity contribution in [3.05, 3.63) is 99.0 Å². The molecular formula is C29H32Cl3N3O4S. The Labute approximate surface area is 251 Å². The second kappa shape index (κ2) is 14.2. The van der Waals surface area contributed by atoms with Crippen molar-refractivity contribution in [2.45, 2.75) is 45.3 Å². The van der Waals surface area contributed by atoms with Gasteiger partial charge in [0.2, 0.25) is 21.8 Å². The van der Waals surface area contributed by atoms with Gasteiger partial charge in [-0.15, -0.1) is 0 Å². The van der Waals surface area contributed by atoms with E-state index in [4.69, 9.17) is 34.8 Å². The van der Waals surface area contributed by atoms with Crippen molar-refractivity contribution in [3.8, 4) is 0 Å². The first kappa shape index (κ1) is 31.7. The van der Waals surface area contributed by atoms with Crippen molar-refractivity contribution in [2.75, 3.05) is 17.1 Å². The van der Waals surface area contributed by atoms with Crippen LogP contribution in [-0.4, -0.2) is 50.0 Å². The first-order valence-corrected chi connectivity index (χ1v) is 15.7. The molecule has 0 saturated heterocycles. The van der Waals surface area contributed by atoms with Crippen LogP contribution in [-0.2, 0) is 32.6 Å². The highest BCUT2D eigenvalue weighted by Crippen LogP contribution is 2.29. The molecule has 3 rings (SSSR count). The van der Waals surface area contributed by atoms with Gasteiger partial charge in [-0.1, -0.05) is 84.2 Å². The number of carbonyl (C=O) groups is 2. The topological polar surface area (TPSA) is 86.8 Å². The molecule has 0 bridgehead atoms. The second-order valence-electron chi connectivity index (χ2n) is 9.54.